The van der Waals surface area contributed by atoms with Gasteiger partial charge in [-0.1, -0.05) is 24.3 Å². The van der Waals surface area contributed by atoms with E-state index in [9.17, 15) is 70.2 Å². The number of benzene rings is 4. The summed E-state index contributed by atoms with van der Waals surface area (Å²) >= 11 is 0. The van der Waals surface area contributed by atoms with Crippen molar-refractivity contribution in [2.75, 3.05) is 0 Å². The van der Waals surface area contributed by atoms with Gasteiger partial charge < -0.3 is 60.5 Å². The van der Waals surface area contributed by atoms with Crippen LogP contribution in [-0.2, 0) is 41.5 Å². The van der Waals surface area contributed by atoms with Crippen LogP contribution in [0.3, 0.4) is 0 Å². The Kier molecular flexibility index (Phi) is 10.0. The SMILES string of the molecule is O=C(O[C@H](Cc1ccc(O)c(O)c1)C(=O)O)C1=Cc2ccc(O)c(O)c2[C@@H](c2ccc(O)c(O)c2)[C@@H]1C(=O)O[C@H](Cc1ccc(O)c(O)c1)C(=O)O. The van der Waals surface area contributed by atoms with Gasteiger partial charge in [-0.15, -0.1) is 0 Å². The van der Waals surface area contributed by atoms with Gasteiger partial charge in [-0.3, -0.25) is 4.79 Å². The summed E-state index contributed by atoms with van der Waals surface area (Å²) < 4.78 is 10.8. The molecule has 5 rings (SSSR count). The van der Waals surface area contributed by atoms with Crippen molar-refractivity contribution < 1.29 is 79.7 Å². The lowest BCUT2D eigenvalue weighted by molar-refractivity contribution is -0.168. The van der Waals surface area contributed by atoms with Crippen LogP contribution in [0.5, 0.6) is 46.0 Å². The van der Waals surface area contributed by atoms with Crippen LogP contribution in [0.4, 0.5) is 0 Å². The molecule has 0 amide bonds. The predicted octanol–water partition coefficient (Wildman–Crippen LogP) is 2.95. The molecule has 52 heavy (non-hydrogen) atoms. The van der Waals surface area contributed by atoms with E-state index >= 15 is 0 Å². The fourth-order valence-corrected chi connectivity index (χ4v) is 5.80. The molecule has 16 heteroatoms. The van der Waals surface area contributed by atoms with Gasteiger partial charge in [-0.05, 0) is 70.8 Å². The highest BCUT2D eigenvalue weighted by Crippen LogP contribution is 2.50. The van der Waals surface area contributed by atoms with Crippen LogP contribution < -0.4 is 0 Å². The van der Waals surface area contributed by atoms with Crippen LogP contribution in [0.1, 0.15) is 33.7 Å². The highest BCUT2D eigenvalue weighted by atomic mass is 16.6. The van der Waals surface area contributed by atoms with E-state index in [1.54, 1.807) is 0 Å². The largest absolute Gasteiger partial charge is 0.504 e. The van der Waals surface area contributed by atoms with Crippen molar-refractivity contribution in [3.05, 3.63) is 100 Å². The van der Waals surface area contributed by atoms with Gasteiger partial charge in [0.15, 0.2) is 46.0 Å². The quantitative estimate of drug-likeness (QED) is 0.0788. The van der Waals surface area contributed by atoms with Gasteiger partial charge in [0.25, 0.3) is 0 Å². The topological polar surface area (TPSA) is 289 Å². The Morgan fingerprint density at radius 3 is 1.56 bits per heavy atom. The summed E-state index contributed by atoms with van der Waals surface area (Å²) in [4.78, 5) is 52.8. The molecule has 0 aliphatic heterocycles. The lowest BCUT2D eigenvalue weighted by Gasteiger charge is -2.34. The molecule has 270 valence electrons. The summed E-state index contributed by atoms with van der Waals surface area (Å²) in [5, 5.41) is 101. The van der Waals surface area contributed by atoms with Gasteiger partial charge in [0.05, 0.1) is 5.57 Å². The number of phenolic OH excluding ortho intramolecular Hbond substituents is 8. The van der Waals surface area contributed by atoms with Gasteiger partial charge in [0.1, 0.15) is 5.92 Å². The lowest BCUT2D eigenvalue weighted by atomic mass is 9.71. The molecule has 0 aromatic heterocycles. The van der Waals surface area contributed by atoms with E-state index in [0.29, 0.717) is 0 Å². The van der Waals surface area contributed by atoms with Gasteiger partial charge in [-0.2, -0.15) is 0 Å². The van der Waals surface area contributed by atoms with Crippen LogP contribution in [0.15, 0.2) is 72.3 Å². The Morgan fingerprint density at radius 2 is 1.06 bits per heavy atom. The van der Waals surface area contributed by atoms with Gasteiger partial charge in [-0.25, -0.2) is 14.4 Å². The summed E-state index contributed by atoms with van der Waals surface area (Å²) in [5.41, 5.74) is -0.640. The summed E-state index contributed by atoms with van der Waals surface area (Å²) in [6.07, 6.45) is -3.99. The van der Waals surface area contributed by atoms with Crippen molar-refractivity contribution in [3.8, 4) is 46.0 Å². The second-order valence-corrected chi connectivity index (χ2v) is 11.8. The molecule has 1 aliphatic carbocycles. The number of phenols is 8. The average Bonchev–Trinajstić information content (AvgIpc) is 3.09. The first-order valence-corrected chi connectivity index (χ1v) is 15.2. The van der Waals surface area contributed by atoms with Crippen LogP contribution in [-0.4, -0.2) is 87.2 Å². The summed E-state index contributed by atoms with van der Waals surface area (Å²) in [6.45, 7) is 0. The molecule has 0 unspecified atom stereocenters. The van der Waals surface area contributed by atoms with E-state index in [1.165, 1.54) is 24.3 Å². The normalized spacial score (nSPS) is 16.1. The van der Waals surface area contributed by atoms with E-state index < -0.39 is 112 Å². The standard InChI is InChI=1S/C36H30O16/c37-20-5-1-15(9-24(20)41)11-27(33(45)46)51-35(49)19-13-17-4-8-23(40)32(44)30(17)29(18-3-7-22(39)26(43)14-18)31(19)36(50)52-28(34(47)48)12-16-2-6-21(38)25(42)10-16/h1-10,13-14,27-29,31,37-44H,11-12H2,(H,45,46)(H,47,48)/t27-,28-,29-,31-/m1/s1. The van der Waals surface area contributed by atoms with Crippen molar-refractivity contribution in [3.63, 3.8) is 0 Å². The van der Waals surface area contributed by atoms with Crippen molar-refractivity contribution in [2.24, 2.45) is 5.92 Å². The Morgan fingerprint density at radius 1 is 0.577 bits per heavy atom. The van der Waals surface area contributed by atoms with E-state index in [1.807, 2.05) is 0 Å². The van der Waals surface area contributed by atoms with E-state index in [4.69, 9.17) is 9.47 Å². The fraction of sp³-hybridized carbons (Fsp3) is 0.167. The van der Waals surface area contributed by atoms with Crippen LogP contribution >= 0.6 is 0 Å². The number of aliphatic carboxylic acids is 2. The van der Waals surface area contributed by atoms with E-state index in [2.05, 4.69) is 0 Å². The Bertz CT molecular complexity index is 2120. The van der Waals surface area contributed by atoms with Gasteiger partial charge in [0.2, 0.25) is 12.2 Å². The maximum Gasteiger partial charge on any atom is 0.345 e. The maximum absolute atomic E-state index is 14.2. The third-order valence-electron chi connectivity index (χ3n) is 8.35. The minimum Gasteiger partial charge on any atom is -0.504 e. The average molecular weight is 719 g/mol. The van der Waals surface area contributed by atoms with Gasteiger partial charge >= 0.3 is 23.9 Å². The van der Waals surface area contributed by atoms with Crippen LogP contribution in [0.25, 0.3) is 6.08 Å². The smallest absolute Gasteiger partial charge is 0.345 e. The number of aromatic hydroxyl groups is 8. The number of fused-ring (bicyclic) bond motifs is 1. The summed E-state index contributed by atoms with van der Waals surface area (Å²) in [6, 6.07) is 12.2. The number of esters is 2. The second kappa shape index (κ2) is 14.4. The molecule has 4 aromatic carbocycles. The molecular formula is C36H30O16. The highest BCUT2D eigenvalue weighted by molar-refractivity contribution is 6.03. The number of carbonyl (C=O) groups excluding carboxylic acids is 2. The van der Waals surface area contributed by atoms with Crippen molar-refractivity contribution in [1.29, 1.82) is 0 Å². The number of carboxylic acids is 2. The fourth-order valence-electron chi connectivity index (χ4n) is 5.80. The molecule has 0 spiro atoms. The van der Waals surface area contributed by atoms with E-state index in [0.717, 1.165) is 48.5 Å². The predicted molar refractivity (Wildman–Crippen MR) is 175 cm³/mol. The van der Waals surface area contributed by atoms with Crippen LogP contribution in [0.2, 0.25) is 0 Å². The lowest BCUT2D eigenvalue weighted by Crippen LogP contribution is -2.39. The molecule has 0 radical (unpaired) electrons. The minimum absolute atomic E-state index is 0.00792. The number of ether oxygens (including phenoxy) is 2. The summed E-state index contributed by atoms with van der Waals surface area (Å²) in [5.74, 6) is -14.7. The van der Waals surface area contributed by atoms with Crippen molar-refractivity contribution in [2.45, 2.75) is 31.0 Å². The van der Waals surface area contributed by atoms with Gasteiger partial charge in [0, 0.05) is 24.3 Å². The molecule has 0 bridgehead atoms. The monoisotopic (exact) mass is 718 g/mol. The Labute approximate surface area is 292 Å². The molecule has 16 nitrogen and oxygen atoms in total. The molecule has 0 fully saturated rings. The molecule has 10 N–H and O–H groups in total. The maximum atomic E-state index is 14.2. The second-order valence-electron chi connectivity index (χ2n) is 11.8. The number of rotatable bonds is 11. The van der Waals surface area contributed by atoms with Crippen molar-refractivity contribution in [1.82, 2.24) is 0 Å². The summed E-state index contributed by atoms with van der Waals surface area (Å²) in [7, 11) is 0. The number of carboxylic acid groups (broad SMARTS) is 2. The highest BCUT2D eigenvalue weighted by Gasteiger charge is 2.46. The molecule has 0 heterocycles. The third kappa shape index (κ3) is 7.40. The number of hydrogen-bond donors (Lipinski definition) is 10. The molecule has 4 aromatic rings. The zero-order valence-electron chi connectivity index (χ0n) is 26.6. The molecule has 4 atom stereocenters. The first-order chi connectivity index (χ1) is 24.5. The van der Waals surface area contributed by atoms with Crippen LogP contribution in [0, 0.1) is 5.92 Å². The Balaban J connectivity index is 1.62. The number of hydrogen-bond acceptors (Lipinski definition) is 14. The molecular weight excluding hydrogens is 688 g/mol. The third-order valence-corrected chi connectivity index (χ3v) is 8.35. The Hall–Kier alpha value is -7.10. The van der Waals surface area contributed by atoms with E-state index in [-0.39, 0.29) is 27.8 Å². The zero-order valence-corrected chi connectivity index (χ0v) is 26.6. The first kappa shape index (κ1) is 36.2. The molecule has 0 saturated heterocycles. The number of carbonyl (C=O) groups is 4. The first-order valence-electron chi connectivity index (χ1n) is 15.2. The molecule has 1 aliphatic rings. The molecule has 0 saturated carbocycles. The minimum atomic E-state index is -1.99. The zero-order chi connectivity index (χ0) is 38.0. The van der Waals surface area contributed by atoms with Crippen molar-refractivity contribution >= 4 is 30.0 Å².